The van der Waals surface area contributed by atoms with Crippen LogP contribution in [0.15, 0.2) is 36.4 Å². The molecule has 1 fully saturated rings. The maximum absolute atomic E-state index is 13.1. The third kappa shape index (κ3) is 2.65. The molecule has 0 aliphatic carbocycles. The Morgan fingerprint density at radius 2 is 1.69 bits per heavy atom. The van der Waals surface area contributed by atoms with Gasteiger partial charge in [0.15, 0.2) is 0 Å². The number of carbonyl (C=O) groups is 2. The smallest absolute Gasteiger partial charge is 0.240 e. The first-order chi connectivity index (χ1) is 12.2. The predicted molar refractivity (Wildman–Crippen MR) is 102 cm³/mol. The minimum absolute atomic E-state index is 0.230. The fraction of sp³-hybridized carbons (Fsp3) is 0.333. The molecule has 0 radical (unpaired) electrons. The van der Waals surface area contributed by atoms with Crippen LogP contribution in [0, 0.1) is 13.8 Å². The summed E-state index contributed by atoms with van der Waals surface area (Å²) in [6.45, 7) is 5.52. The van der Waals surface area contributed by atoms with Crippen molar-refractivity contribution in [1.29, 1.82) is 0 Å². The van der Waals surface area contributed by atoms with E-state index in [4.69, 9.17) is 16.3 Å². The summed E-state index contributed by atoms with van der Waals surface area (Å²) >= 11 is 5.99. The zero-order valence-electron chi connectivity index (χ0n) is 15.6. The number of hydrogen-bond acceptors (Lipinski definition) is 3. The summed E-state index contributed by atoms with van der Waals surface area (Å²) in [5.74, 6) is -1.32. The number of likely N-dealkylation sites (N-methyl/N-ethyl adjacent to an activating group) is 1. The summed E-state index contributed by atoms with van der Waals surface area (Å²) in [5, 5.41) is 0.664. The van der Waals surface area contributed by atoms with Crippen LogP contribution < -0.4 is 0 Å². The third-order valence-electron chi connectivity index (χ3n) is 5.51. The topological polar surface area (TPSA) is 46.6 Å². The molecule has 1 aliphatic rings. The highest BCUT2D eigenvalue weighted by Gasteiger charge is 2.55. The van der Waals surface area contributed by atoms with Gasteiger partial charge < -0.3 is 9.64 Å². The molecule has 0 bridgehead atoms. The number of Topliss-reactive ketones (excluding diaryl/α,β-unsaturated/α-hetero) is 1. The molecule has 0 spiro atoms. The van der Waals surface area contributed by atoms with Crippen molar-refractivity contribution in [2.45, 2.75) is 32.4 Å². The second-order valence-electron chi connectivity index (χ2n) is 6.86. The van der Waals surface area contributed by atoms with Crippen LogP contribution in [0.5, 0.6) is 0 Å². The first kappa shape index (κ1) is 18.6. The molecular weight excluding hydrogens is 350 g/mol. The number of carbonyl (C=O) groups excluding carboxylic acids is 2. The summed E-state index contributed by atoms with van der Waals surface area (Å²) in [4.78, 5) is 27.4. The Morgan fingerprint density at radius 3 is 2.23 bits per heavy atom. The van der Waals surface area contributed by atoms with Crippen molar-refractivity contribution >= 4 is 23.3 Å². The van der Waals surface area contributed by atoms with E-state index in [-0.39, 0.29) is 11.7 Å². The van der Waals surface area contributed by atoms with Gasteiger partial charge in [0.25, 0.3) is 0 Å². The Balaban J connectivity index is 2.17. The third-order valence-corrected chi connectivity index (χ3v) is 5.76. The Labute approximate surface area is 158 Å². The molecule has 2 unspecified atom stereocenters. The number of nitrogens with zero attached hydrogens (tertiary/aromatic N) is 1. The minimum atomic E-state index is -1.24. The molecule has 0 saturated carbocycles. The molecule has 1 saturated heterocycles. The van der Waals surface area contributed by atoms with Crippen molar-refractivity contribution in [2.24, 2.45) is 0 Å². The zero-order chi connectivity index (χ0) is 19.2. The van der Waals surface area contributed by atoms with Crippen LogP contribution in [0.25, 0.3) is 11.1 Å². The highest BCUT2D eigenvalue weighted by molar-refractivity contribution is 6.30. The highest BCUT2D eigenvalue weighted by Crippen LogP contribution is 2.41. The summed E-state index contributed by atoms with van der Waals surface area (Å²) in [7, 11) is 3.06. The summed E-state index contributed by atoms with van der Waals surface area (Å²) in [6.07, 6.45) is 0. The number of halogens is 1. The summed E-state index contributed by atoms with van der Waals surface area (Å²) in [6, 6.07) is 11.5. The van der Waals surface area contributed by atoms with E-state index in [9.17, 15) is 9.59 Å². The maximum atomic E-state index is 13.1. The van der Waals surface area contributed by atoms with E-state index in [1.54, 1.807) is 14.0 Å². The standard InChI is InChI=1S/C21H22ClNO3/c1-12-6-11-16(14-7-9-15(22)10-8-14)13(2)17(12)18-19(24)21(3,26-5)23(4)20(18)25/h6-11,18H,1-5H3. The van der Waals surface area contributed by atoms with Crippen LogP contribution in [-0.4, -0.2) is 36.5 Å². The monoisotopic (exact) mass is 371 g/mol. The average molecular weight is 372 g/mol. The van der Waals surface area contributed by atoms with Gasteiger partial charge in [0.2, 0.25) is 17.4 Å². The second-order valence-corrected chi connectivity index (χ2v) is 7.29. The molecule has 2 atom stereocenters. The van der Waals surface area contributed by atoms with Crippen molar-refractivity contribution in [3.8, 4) is 11.1 Å². The number of methoxy groups -OCH3 is 1. The number of aryl methyl sites for hydroxylation is 1. The molecule has 2 aromatic carbocycles. The Hall–Kier alpha value is -2.17. The van der Waals surface area contributed by atoms with E-state index in [0.717, 1.165) is 27.8 Å². The highest BCUT2D eigenvalue weighted by atomic mass is 35.5. The van der Waals surface area contributed by atoms with E-state index in [1.165, 1.54) is 12.0 Å². The van der Waals surface area contributed by atoms with Crippen LogP contribution in [-0.2, 0) is 14.3 Å². The molecule has 0 aromatic heterocycles. The molecule has 2 aromatic rings. The van der Waals surface area contributed by atoms with Crippen molar-refractivity contribution in [3.63, 3.8) is 0 Å². The van der Waals surface area contributed by atoms with E-state index >= 15 is 0 Å². The molecule has 5 heteroatoms. The largest absolute Gasteiger partial charge is 0.352 e. The molecule has 26 heavy (non-hydrogen) atoms. The first-order valence-corrected chi connectivity index (χ1v) is 8.83. The Morgan fingerprint density at radius 1 is 1.08 bits per heavy atom. The number of ketones is 1. The molecule has 0 N–H and O–H groups in total. The number of likely N-dealkylation sites (tertiary alicyclic amines) is 1. The van der Waals surface area contributed by atoms with Gasteiger partial charge in [-0.3, -0.25) is 9.59 Å². The molecule has 1 heterocycles. The van der Waals surface area contributed by atoms with Crippen molar-refractivity contribution in [3.05, 3.63) is 58.1 Å². The molecule has 136 valence electrons. The van der Waals surface area contributed by atoms with Gasteiger partial charge in [-0.2, -0.15) is 0 Å². The molecule has 3 rings (SSSR count). The second kappa shape index (κ2) is 6.53. The van der Waals surface area contributed by atoms with Crippen LogP contribution in [0.1, 0.15) is 29.5 Å². The van der Waals surface area contributed by atoms with E-state index in [2.05, 4.69) is 0 Å². The molecule has 4 nitrogen and oxygen atoms in total. The van der Waals surface area contributed by atoms with E-state index in [0.29, 0.717) is 5.02 Å². The van der Waals surface area contributed by atoms with Crippen molar-refractivity contribution < 1.29 is 14.3 Å². The lowest BCUT2D eigenvalue weighted by molar-refractivity contribution is -0.156. The quantitative estimate of drug-likeness (QED) is 0.763. The van der Waals surface area contributed by atoms with Crippen LogP contribution in [0.4, 0.5) is 0 Å². The number of benzene rings is 2. The van der Waals surface area contributed by atoms with E-state index in [1.807, 2.05) is 50.2 Å². The minimum Gasteiger partial charge on any atom is -0.352 e. The van der Waals surface area contributed by atoms with E-state index < -0.39 is 11.6 Å². The van der Waals surface area contributed by atoms with Crippen LogP contribution in [0.3, 0.4) is 0 Å². The fourth-order valence-corrected chi connectivity index (χ4v) is 3.82. The Kier molecular flexibility index (Phi) is 4.67. The van der Waals surface area contributed by atoms with Gasteiger partial charge in [0.1, 0.15) is 5.92 Å². The first-order valence-electron chi connectivity index (χ1n) is 8.45. The summed E-state index contributed by atoms with van der Waals surface area (Å²) in [5.41, 5.74) is 3.34. The normalized spacial score (nSPS) is 23.0. The average Bonchev–Trinajstić information content (AvgIpc) is 2.79. The van der Waals surface area contributed by atoms with Gasteiger partial charge in [-0.15, -0.1) is 0 Å². The molecule has 1 amide bonds. The SMILES string of the molecule is COC1(C)C(=O)C(c2c(C)ccc(-c3ccc(Cl)cc3)c2C)C(=O)N1C. The number of rotatable bonds is 3. The zero-order valence-corrected chi connectivity index (χ0v) is 16.3. The fourth-order valence-electron chi connectivity index (χ4n) is 3.69. The predicted octanol–water partition coefficient (Wildman–Crippen LogP) is 4.11. The number of amides is 1. The molecule has 1 aliphatic heterocycles. The van der Waals surface area contributed by atoms with Gasteiger partial charge >= 0.3 is 0 Å². The Bertz CT molecular complexity index is 891. The van der Waals surface area contributed by atoms with Crippen molar-refractivity contribution in [2.75, 3.05) is 14.2 Å². The lowest BCUT2D eigenvalue weighted by Gasteiger charge is -2.28. The number of ether oxygens (including phenoxy) is 1. The van der Waals surface area contributed by atoms with Crippen LogP contribution >= 0.6 is 11.6 Å². The maximum Gasteiger partial charge on any atom is 0.240 e. The van der Waals surface area contributed by atoms with Crippen molar-refractivity contribution in [1.82, 2.24) is 4.90 Å². The summed E-state index contributed by atoms with van der Waals surface area (Å²) < 4.78 is 5.39. The lowest BCUT2D eigenvalue weighted by atomic mass is 9.84. The van der Waals surface area contributed by atoms with Crippen LogP contribution in [0.2, 0.25) is 5.02 Å². The van der Waals surface area contributed by atoms with Gasteiger partial charge in [-0.25, -0.2) is 0 Å². The van der Waals surface area contributed by atoms with Gasteiger partial charge in [0, 0.05) is 19.2 Å². The van der Waals surface area contributed by atoms with Gasteiger partial charge in [-0.05, 0) is 60.7 Å². The van der Waals surface area contributed by atoms with Gasteiger partial charge in [0.05, 0.1) is 0 Å². The number of hydrogen-bond donors (Lipinski definition) is 0. The lowest BCUT2D eigenvalue weighted by Crippen LogP contribution is -2.46. The van der Waals surface area contributed by atoms with Gasteiger partial charge in [-0.1, -0.05) is 35.9 Å². The molecular formula is C21H22ClNO3.